The van der Waals surface area contributed by atoms with Gasteiger partial charge in [-0.2, -0.15) is 0 Å². The van der Waals surface area contributed by atoms with E-state index in [1.54, 1.807) is 7.11 Å². The fourth-order valence-electron chi connectivity index (χ4n) is 3.66. The van der Waals surface area contributed by atoms with E-state index in [1.807, 2.05) is 25.1 Å². The lowest BCUT2D eigenvalue weighted by Gasteiger charge is -2.34. The number of hydrogen-bond donors (Lipinski definition) is 2. The number of benzene rings is 2. The molecular formula is C22H30N3O2+. The van der Waals surface area contributed by atoms with Gasteiger partial charge in [-0.3, -0.25) is 4.79 Å². The molecule has 0 unspecified atom stereocenters. The number of carbonyl (C=O) groups is 1. The van der Waals surface area contributed by atoms with Gasteiger partial charge in [-0.15, -0.1) is 0 Å². The van der Waals surface area contributed by atoms with Crippen LogP contribution in [0.15, 0.2) is 36.4 Å². The Kier molecular flexibility index (Phi) is 6.01. The molecule has 0 aromatic heterocycles. The van der Waals surface area contributed by atoms with Gasteiger partial charge in [-0.05, 0) is 55.7 Å². The van der Waals surface area contributed by atoms with E-state index in [4.69, 9.17) is 4.74 Å². The van der Waals surface area contributed by atoms with Gasteiger partial charge in [-0.25, -0.2) is 0 Å². The summed E-state index contributed by atoms with van der Waals surface area (Å²) in [5, 5.41) is 3.01. The number of ether oxygens (including phenoxy) is 1. The minimum absolute atomic E-state index is 0.0362. The highest BCUT2D eigenvalue weighted by Crippen LogP contribution is 2.25. The zero-order valence-corrected chi connectivity index (χ0v) is 16.8. The fraction of sp³-hybridized carbons (Fsp3) is 0.409. The van der Waals surface area contributed by atoms with Gasteiger partial charge in [0, 0.05) is 5.69 Å². The quantitative estimate of drug-likeness (QED) is 0.848. The summed E-state index contributed by atoms with van der Waals surface area (Å²) >= 11 is 0. The molecule has 1 fully saturated rings. The summed E-state index contributed by atoms with van der Waals surface area (Å²) in [6, 6.07) is 12.3. The smallest absolute Gasteiger partial charge is 0.279 e. The van der Waals surface area contributed by atoms with Crippen molar-refractivity contribution in [2.24, 2.45) is 0 Å². The van der Waals surface area contributed by atoms with Gasteiger partial charge in [0.05, 0.1) is 39.0 Å². The first kappa shape index (κ1) is 19.2. The summed E-state index contributed by atoms with van der Waals surface area (Å²) in [5.74, 6) is 0.734. The molecule has 1 aliphatic rings. The van der Waals surface area contributed by atoms with Crippen LogP contribution in [0.25, 0.3) is 0 Å². The molecule has 0 saturated carbocycles. The fourth-order valence-corrected chi connectivity index (χ4v) is 3.66. The summed E-state index contributed by atoms with van der Waals surface area (Å²) < 4.78 is 5.35. The van der Waals surface area contributed by atoms with Crippen LogP contribution in [0, 0.1) is 20.8 Å². The lowest BCUT2D eigenvalue weighted by atomic mass is 10.1. The predicted octanol–water partition coefficient (Wildman–Crippen LogP) is 1.96. The summed E-state index contributed by atoms with van der Waals surface area (Å²) in [6.45, 7) is 10.7. The normalized spacial score (nSPS) is 14.9. The average molecular weight is 369 g/mol. The lowest BCUT2D eigenvalue weighted by molar-refractivity contribution is -0.892. The van der Waals surface area contributed by atoms with E-state index in [1.165, 1.54) is 21.7 Å². The molecule has 27 heavy (non-hydrogen) atoms. The highest BCUT2D eigenvalue weighted by Gasteiger charge is 2.23. The highest BCUT2D eigenvalue weighted by atomic mass is 16.5. The lowest BCUT2D eigenvalue weighted by Crippen LogP contribution is -3.15. The molecule has 1 saturated heterocycles. The third-order valence-electron chi connectivity index (χ3n) is 5.43. The molecule has 1 heterocycles. The van der Waals surface area contributed by atoms with E-state index in [2.05, 4.69) is 42.3 Å². The molecule has 0 spiro atoms. The van der Waals surface area contributed by atoms with Crippen LogP contribution in [0.4, 0.5) is 11.4 Å². The second-order valence-electron chi connectivity index (χ2n) is 7.38. The highest BCUT2D eigenvalue weighted by molar-refractivity contribution is 5.93. The van der Waals surface area contributed by atoms with E-state index >= 15 is 0 Å². The number of rotatable bonds is 5. The summed E-state index contributed by atoms with van der Waals surface area (Å²) in [6.07, 6.45) is 0. The van der Waals surface area contributed by atoms with Crippen LogP contribution in [0.5, 0.6) is 5.75 Å². The van der Waals surface area contributed by atoms with Crippen LogP contribution in [0.3, 0.4) is 0 Å². The number of nitrogens with zero attached hydrogens (tertiary/aromatic N) is 1. The van der Waals surface area contributed by atoms with Crippen molar-refractivity contribution in [1.29, 1.82) is 0 Å². The second kappa shape index (κ2) is 8.44. The van der Waals surface area contributed by atoms with E-state index in [0.29, 0.717) is 12.3 Å². The zero-order valence-electron chi connectivity index (χ0n) is 16.8. The molecule has 1 aliphatic heterocycles. The number of carbonyl (C=O) groups excluding carboxylic acids is 1. The van der Waals surface area contributed by atoms with Crippen molar-refractivity contribution in [2.75, 3.05) is 50.1 Å². The van der Waals surface area contributed by atoms with Gasteiger partial charge >= 0.3 is 0 Å². The maximum atomic E-state index is 12.5. The van der Waals surface area contributed by atoms with Crippen LogP contribution >= 0.6 is 0 Å². The Hall–Kier alpha value is -2.53. The molecule has 5 heteroatoms. The zero-order chi connectivity index (χ0) is 19.4. The van der Waals surface area contributed by atoms with Gasteiger partial charge in [-0.1, -0.05) is 18.2 Å². The van der Waals surface area contributed by atoms with Gasteiger partial charge in [0.2, 0.25) is 0 Å². The number of nitrogens with one attached hydrogen (secondary N) is 2. The monoisotopic (exact) mass is 368 g/mol. The topological polar surface area (TPSA) is 46.0 Å². The summed E-state index contributed by atoms with van der Waals surface area (Å²) in [4.78, 5) is 16.3. The molecular weight excluding hydrogens is 338 g/mol. The second-order valence-corrected chi connectivity index (χ2v) is 7.38. The van der Waals surface area contributed by atoms with Crippen molar-refractivity contribution in [2.45, 2.75) is 20.8 Å². The SMILES string of the molecule is COc1ccc(C)cc1NC(=O)C[NH+]1CCN(c2cccc(C)c2C)CC1. The van der Waals surface area contributed by atoms with Gasteiger partial charge in [0.15, 0.2) is 6.54 Å². The van der Waals surface area contributed by atoms with E-state index in [9.17, 15) is 4.79 Å². The molecule has 2 aromatic rings. The van der Waals surface area contributed by atoms with Crippen molar-refractivity contribution in [3.8, 4) is 5.75 Å². The van der Waals surface area contributed by atoms with Crippen molar-refractivity contribution >= 4 is 17.3 Å². The Bertz CT molecular complexity index is 811. The summed E-state index contributed by atoms with van der Waals surface area (Å²) in [7, 11) is 1.62. The van der Waals surface area contributed by atoms with Crippen LogP contribution < -0.4 is 19.9 Å². The molecule has 2 N–H and O–H groups in total. The molecule has 3 rings (SSSR count). The third-order valence-corrected chi connectivity index (χ3v) is 5.43. The Balaban J connectivity index is 1.55. The third kappa shape index (κ3) is 4.61. The molecule has 144 valence electrons. The maximum Gasteiger partial charge on any atom is 0.279 e. The molecule has 0 aliphatic carbocycles. The number of anilines is 2. The number of quaternary nitrogens is 1. The van der Waals surface area contributed by atoms with Crippen LogP contribution in [-0.4, -0.2) is 45.7 Å². The number of hydrogen-bond acceptors (Lipinski definition) is 3. The standard InChI is InChI=1S/C22H29N3O2/c1-16-8-9-21(27-4)19(14-16)23-22(26)15-24-10-12-25(13-11-24)20-7-5-6-17(2)18(20)3/h5-9,14H,10-13,15H2,1-4H3,(H,23,26)/p+1. The molecule has 0 radical (unpaired) electrons. The van der Waals surface area contributed by atoms with E-state index < -0.39 is 0 Å². The van der Waals surface area contributed by atoms with E-state index in [-0.39, 0.29) is 5.91 Å². The number of aryl methyl sites for hydroxylation is 2. The van der Waals surface area contributed by atoms with Crippen molar-refractivity contribution < 1.29 is 14.4 Å². The molecule has 2 aromatic carbocycles. The van der Waals surface area contributed by atoms with Crippen molar-refractivity contribution in [3.05, 3.63) is 53.1 Å². The van der Waals surface area contributed by atoms with Crippen LogP contribution in [0.1, 0.15) is 16.7 Å². The first-order valence-corrected chi connectivity index (χ1v) is 9.57. The molecule has 0 atom stereocenters. The Morgan fingerprint density at radius 3 is 2.59 bits per heavy atom. The van der Waals surface area contributed by atoms with Gasteiger partial charge < -0.3 is 19.9 Å². The number of piperazine rings is 1. The Morgan fingerprint density at radius 2 is 1.89 bits per heavy atom. The van der Waals surface area contributed by atoms with Crippen LogP contribution in [0.2, 0.25) is 0 Å². The average Bonchev–Trinajstić information content (AvgIpc) is 2.65. The maximum absolute atomic E-state index is 12.5. The minimum Gasteiger partial charge on any atom is -0.495 e. The molecule has 0 bridgehead atoms. The first-order valence-electron chi connectivity index (χ1n) is 9.57. The van der Waals surface area contributed by atoms with Gasteiger partial charge in [0.1, 0.15) is 5.75 Å². The minimum atomic E-state index is 0.0362. The van der Waals surface area contributed by atoms with Crippen LogP contribution in [-0.2, 0) is 4.79 Å². The predicted molar refractivity (Wildman–Crippen MR) is 110 cm³/mol. The Labute approximate surface area is 161 Å². The van der Waals surface area contributed by atoms with Crippen molar-refractivity contribution in [3.63, 3.8) is 0 Å². The largest absolute Gasteiger partial charge is 0.495 e. The summed E-state index contributed by atoms with van der Waals surface area (Å²) in [5.41, 5.74) is 5.85. The van der Waals surface area contributed by atoms with E-state index in [0.717, 1.165) is 37.4 Å². The van der Waals surface area contributed by atoms with Crippen molar-refractivity contribution in [1.82, 2.24) is 0 Å². The molecule has 1 amide bonds. The number of methoxy groups -OCH3 is 1. The molecule has 5 nitrogen and oxygen atoms in total. The van der Waals surface area contributed by atoms with Gasteiger partial charge in [0.25, 0.3) is 5.91 Å². The first-order chi connectivity index (χ1) is 13.0. The number of amides is 1. The Morgan fingerprint density at radius 1 is 1.15 bits per heavy atom.